The van der Waals surface area contributed by atoms with Gasteiger partial charge in [0.25, 0.3) is 0 Å². The lowest BCUT2D eigenvalue weighted by atomic mass is 9.74. The maximum atomic E-state index is 6.10. The zero-order valence-electron chi connectivity index (χ0n) is 16.1. The third-order valence-corrected chi connectivity index (χ3v) is 5.66. The number of rotatable bonds is 8. The number of piperidine rings is 1. The number of aromatic nitrogens is 1. The standard InChI is InChI=1S/C22H29N3O3/c1-2-6-20(7-3-1)27-16-19-13-24-12-18(22(19)21-8-10-28-25-21)15-26-14-17-5-4-9-23-11-17/h1-7,9,11,18-19,21-22,24-25H,8,10,12-16H2. The molecule has 1 aromatic carbocycles. The van der Waals surface area contributed by atoms with Crippen molar-refractivity contribution in [3.05, 3.63) is 60.4 Å². The van der Waals surface area contributed by atoms with Crippen LogP contribution in [-0.2, 0) is 16.2 Å². The second-order valence-corrected chi connectivity index (χ2v) is 7.62. The van der Waals surface area contributed by atoms with E-state index < -0.39 is 0 Å². The molecule has 4 rings (SSSR count). The van der Waals surface area contributed by atoms with Crippen LogP contribution in [0.4, 0.5) is 0 Å². The second-order valence-electron chi connectivity index (χ2n) is 7.62. The van der Waals surface area contributed by atoms with Gasteiger partial charge in [0.2, 0.25) is 0 Å². The van der Waals surface area contributed by atoms with Gasteiger partial charge in [-0.25, -0.2) is 0 Å². The molecular formula is C22H29N3O3. The summed E-state index contributed by atoms with van der Waals surface area (Å²) in [5.41, 5.74) is 4.35. The molecule has 0 saturated carbocycles. The summed E-state index contributed by atoms with van der Waals surface area (Å²) in [6.45, 7) is 4.68. The molecule has 2 fully saturated rings. The lowest BCUT2D eigenvalue weighted by Crippen LogP contribution is -2.53. The largest absolute Gasteiger partial charge is 0.493 e. The van der Waals surface area contributed by atoms with E-state index in [4.69, 9.17) is 14.3 Å². The van der Waals surface area contributed by atoms with Crippen LogP contribution in [0.1, 0.15) is 12.0 Å². The quantitative estimate of drug-likeness (QED) is 0.730. The number of hydrogen-bond acceptors (Lipinski definition) is 6. The summed E-state index contributed by atoms with van der Waals surface area (Å²) >= 11 is 0. The molecule has 0 radical (unpaired) electrons. The fourth-order valence-corrected chi connectivity index (χ4v) is 4.32. The molecule has 4 unspecified atom stereocenters. The van der Waals surface area contributed by atoms with Gasteiger partial charge in [-0.1, -0.05) is 24.3 Å². The van der Waals surface area contributed by atoms with Gasteiger partial charge >= 0.3 is 0 Å². The highest BCUT2D eigenvalue weighted by Crippen LogP contribution is 2.32. The predicted molar refractivity (Wildman–Crippen MR) is 107 cm³/mol. The molecule has 2 aliphatic heterocycles. The Morgan fingerprint density at radius 3 is 2.64 bits per heavy atom. The van der Waals surface area contributed by atoms with Gasteiger partial charge in [-0.2, -0.15) is 5.48 Å². The monoisotopic (exact) mass is 383 g/mol. The first-order valence-corrected chi connectivity index (χ1v) is 10.1. The first-order valence-electron chi connectivity index (χ1n) is 10.1. The van der Waals surface area contributed by atoms with Crippen LogP contribution in [0, 0.1) is 17.8 Å². The molecule has 150 valence electrons. The highest BCUT2D eigenvalue weighted by atomic mass is 16.7. The molecular weight excluding hydrogens is 354 g/mol. The van der Waals surface area contributed by atoms with Crippen LogP contribution >= 0.6 is 0 Å². The van der Waals surface area contributed by atoms with E-state index >= 15 is 0 Å². The van der Waals surface area contributed by atoms with Gasteiger partial charge in [0.15, 0.2) is 0 Å². The van der Waals surface area contributed by atoms with E-state index in [0.717, 1.165) is 37.4 Å². The molecule has 2 aliphatic rings. The minimum Gasteiger partial charge on any atom is -0.493 e. The van der Waals surface area contributed by atoms with Crippen LogP contribution < -0.4 is 15.5 Å². The molecule has 6 nitrogen and oxygen atoms in total. The van der Waals surface area contributed by atoms with Crippen molar-refractivity contribution >= 4 is 0 Å². The molecule has 6 heteroatoms. The van der Waals surface area contributed by atoms with Gasteiger partial charge in [-0.3, -0.25) is 4.98 Å². The molecule has 2 aromatic rings. The Kier molecular flexibility index (Phi) is 6.89. The molecule has 3 heterocycles. The van der Waals surface area contributed by atoms with Gasteiger partial charge in [0.05, 0.1) is 26.4 Å². The number of pyridine rings is 1. The van der Waals surface area contributed by atoms with E-state index in [1.54, 1.807) is 6.20 Å². The van der Waals surface area contributed by atoms with Crippen LogP contribution in [-0.4, -0.2) is 43.9 Å². The maximum Gasteiger partial charge on any atom is 0.119 e. The van der Waals surface area contributed by atoms with E-state index in [0.29, 0.717) is 43.6 Å². The number of para-hydroxylation sites is 1. The average molecular weight is 383 g/mol. The Balaban J connectivity index is 1.37. The number of nitrogens with zero attached hydrogens (tertiary/aromatic N) is 1. The molecule has 4 atom stereocenters. The van der Waals surface area contributed by atoms with Crippen molar-refractivity contribution in [3.8, 4) is 5.75 Å². The van der Waals surface area contributed by atoms with Crippen molar-refractivity contribution in [2.24, 2.45) is 17.8 Å². The molecule has 2 N–H and O–H groups in total. The van der Waals surface area contributed by atoms with Gasteiger partial charge in [-0.15, -0.1) is 0 Å². The minimum atomic E-state index is 0.346. The maximum absolute atomic E-state index is 6.10. The Morgan fingerprint density at radius 1 is 1.04 bits per heavy atom. The van der Waals surface area contributed by atoms with Crippen LogP contribution in [0.25, 0.3) is 0 Å². The van der Waals surface area contributed by atoms with Crippen molar-refractivity contribution in [1.82, 2.24) is 15.8 Å². The van der Waals surface area contributed by atoms with Gasteiger partial charge < -0.3 is 19.6 Å². The zero-order valence-corrected chi connectivity index (χ0v) is 16.1. The molecule has 1 aromatic heterocycles. The Bertz CT molecular complexity index is 695. The summed E-state index contributed by atoms with van der Waals surface area (Å²) in [6.07, 6.45) is 4.68. The Labute approximate surface area is 166 Å². The van der Waals surface area contributed by atoms with Crippen molar-refractivity contribution in [2.75, 3.05) is 32.9 Å². The third-order valence-electron chi connectivity index (χ3n) is 5.66. The Hall–Kier alpha value is -1.99. The van der Waals surface area contributed by atoms with Crippen LogP contribution in [0.15, 0.2) is 54.9 Å². The van der Waals surface area contributed by atoms with Crippen molar-refractivity contribution in [1.29, 1.82) is 0 Å². The lowest BCUT2D eigenvalue weighted by Gasteiger charge is -2.41. The second kappa shape index (κ2) is 9.98. The van der Waals surface area contributed by atoms with Crippen LogP contribution in [0.5, 0.6) is 5.75 Å². The summed E-state index contributed by atoms with van der Waals surface area (Å²) in [4.78, 5) is 9.64. The fraction of sp³-hybridized carbons (Fsp3) is 0.500. The van der Waals surface area contributed by atoms with Crippen LogP contribution in [0.3, 0.4) is 0 Å². The predicted octanol–water partition coefficient (Wildman–Crippen LogP) is 2.42. The summed E-state index contributed by atoms with van der Waals surface area (Å²) < 4.78 is 12.2. The van der Waals surface area contributed by atoms with E-state index in [2.05, 4.69) is 15.8 Å². The summed E-state index contributed by atoms with van der Waals surface area (Å²) in [6, 6.07) is 14.4. The molecule has 0 spiro atoms. The SMILES string of the molecule is c1ccc(OCC2CNCC(COCc3cccnc3)C2C2CCON2)cc1. The zero-order chi connectivity index (χ0) is 19.0. The molecule has 2 saturated heterocycles. The highest BCUT2D eigenvalue weighted by molar-refractivity contribution is 5.21. The highest BCUT2D eigenvalue weighted by Gasteiger charge is 2.40. The first kappa shape index (κ1) is 19.3. The number of hydroxylamine groups is 1. The van der Waals surface area contributed by atoms with Gasteiger partial charge in [0, 0.05) is 37.4 Å². The van der Waals surface area contributed by atoms with E-state index in [1.807, 2.05) is 48.7 Å². The first-order chi connectivity index (χ1) is 13.9. The van der Waals surface area contributed by atoms with E-state index in [9.17, 15) is 0 Å². The molecule has 28 heavy (non-hydrogen) atoms. The molecule has 0 bridgehead atoms. The summed E-state index contributed by atoms with van der Waals surface area (Å²) in [5.74, 6) is 2.18. The topological polar surface area (TPSA) is 64.6 Å². The normalized spacial score (nSPS) is 27.6. The molecule has 0 aliphatic carbocycles. The molecule has 0 amide bonds. The van der Waals surface area contributed by atoms with Crippen LogP contribution in [0.2, 0.25) is 0 Å². The number of hydrogen-bond donors (Lipinski definition) is 2. The van der Waals surface area contributed by atoms with Crippen molar-refractivity contribution in [3.63, 3.8) is 0 Å². The third kappa shape index (κ3) is 5.08. The fourth-order valence-electron chi connectivity index (χ4n) is 4.32. The lowest BCUT2D eigenvalue weighted by molar-refractivity contribution is -0.00541. The van der Waals surface area contributed by atoms with Gasteiger partial charge in [0.1, 0.15) is 5.75 Å². The number of benzene rings is 1. The van der Waals surface area contributed by atoms with E-state index in [1.165, 1.54) is 0 Å². The smallest absolute Gasteiger partial charge is 0.119 e. The summed E-state index contributed by atoms with van der Waals surface area (Å²) in [7, 11) is 0. The van der Waals surface area contributed by atoms with Crippen molar-refractivity contribution < 1.29 is 14.3 Å². The average Bonchev–Trinajstić information content (AvgIpc) is 3.28. The summed E-state index contributed by atoms with van der Waals surface area (Å²) in [5, 5.41) is 3.58. The van der Waals surface area contributed by atoms with Crippen molar-refractivity contribution in [2.45, 2.75) is 19.1 Å². The minimum absolute atomic E-state index is 0.346. The number of ether oxygens (including phenoxy) is 2. The Morgan fingerprint density at radius 2 is 1.89 bits per heavy atom. The van der Waals surface area contributed by atoms with E-state index in [-0.39, 0.29) is 0 Å². The number of nitrogens with one attached hydrogen (secondary N) is 2. The van der Waals surface area contributed by atoms with Gasteiger partial charge in [-0.05, 0) is 42.0 Å².